The van der Waals surface area contributed by atoms with Crippen LogP contribution in [0.3, 0.4) is 0 Å². The average Bonchev–Trinajstić information content (AvgIpc) is 2.74. The highest BCUT2D eigenvalue weighted by molar-refractivity contribution is 5.16. The number of carbonyl (C=O) groups is 1. The fourth-order valence-electron chi connectivity index (χ4n) is 1.73. The van der Waals surface area contributed by atoms with Crippen LogP contribution in [0.2, 0.25) is 0 Å². The first kappa shape index (κ1) is 43.6. The van der Waals surface area contributed by atoms with E-state index in [2.05, 4.69) is 75.1 Å². The topological polar surface area (TPSA) is 69.1 Å². The summed E-state index contributed by atoms with van der Waals surface area (Å²) in [5, 5.41) is 0. The molecule has 0 aliphatic heterocycles. The number of carbonyl (C=O) groups excluding carboxylic acids is 1. The molecule has 0 rings (SSSR count). The highest BCUT2D eigenvalue weighted by atomic mass is 16.1. The first-order chi connectivity index (χ1) is 14.4. The van der Waals surface area contributed by atoms with Crippen LogP contribution in [0.5, 0.6) is 0 Å². The van der Waals surface area contributed by atoms with Gasteiger partial charge in [-0.25, -0.2) is 0 Å². The summed E-state index contributed by atoms with van der Waals surface area (Å²) in [6.07, 6.45) is 11.7. The second-order valence-corrected chi connectivity index (χ2v) is 8.44. The molecule has 0 heterocycles. The van der Waals surface area contributed by atoms with Gasteiger partial charge in [-0.3, -0.25) is 0 Å². The fourth-order valence-corrected chi connectivity index (χ4v) is 1.73. The van der Waals surface area contributed by atoms with Gasteiger partial charge in [0.1, 0.15) is 6.79 Å². The molecule has 0 amide bonds. The molecule has 3 heteroatoms. The van der Waals surface area contributed by atoms with Gasteiger partial charge in [-0.15, -0.1) is 6.58 Å². The molecule has 0 bridgehead atoms. The predicted molar refractivity (Wildman–Crippen MR) is 149 cm³/mol. The SMILES string of the molecule is C=CC(=C)C(C)N.C=CC(N)C(C)(C)C.C=O.CC.CCC.CCCCC(C)CCC. The second kappa shape index (κ2) is 36.2. The zero-order valence-corrected chi connectivity index (χ0v) is 23.5. The predicted octanol–water partition coefficient (Wildman–Crippen LogP) is 8.49. The van der Waals surface area contributed by atoms with Gasteiger partial charge >= 0.3 is 0 Å². The van der Waals surface area contributed by atoms with Crippen LogP contribution in [-0.2, 0) is 4.79 Å². The van der Waals surface area contributed by atoms with Crippen molar-refractivity contribution in [3.8, 4) is 0 Å². The molecule has 0 aliphatic rings. The molecule has 0 aliphatic carbocycles. The lowest BCUT2D eigenvalue weighted by Crippen LogP contribution is -2.32. The molecule has 4 N–H and O–H groups in total. The minimum Gasteiger partial charge on any atom is -0.324 e. The van der Waals surface area contributed by atoms with Crippen LogP contribution in [-0.4, -0.2) is 18.9 Å². The maximum atomic E-state index is 8.00. The lowest BCUT2D eigenvalue weighted by atomic mass is 9.88. The maximum absolute atomic E-state index is 8.00. The Hall–Kier alpha value is -1.19. The third-order valence-corrected chi connectivity index (χ3v) is 3.93. The molecule has 0 spiro atoms. The summed E-state index contributed by atoms with van der Waals surface area (Å²) in [6.45, 7) is 36.0. The summed E-state index contributed by atoms with van der Waals surface area (Å²) in [7, 11) is 0. The molecule has 31 heavy (non-hydrogen) atoms. The average molecular weight is 443 g/mol. The van der Waals surface area contributed by atoms with Gasteiger partial charge in [0.2, 0.25) is 0 Å². The summed E-state index contributed by atoms with van der Waals surface area (Å²) in [6, 6.07) is 0.167. The third kappa shape index (κ3) is 52.8. The molecule has 190 valence electrons. The van der Waals surface area contributed by atoms with E-state index in [9.17, 15) is 0 Å². The zero-order valence-electron chi connectivity index (χ0n) is 23.5. The van der Waals surface area contributed by atoms with Crippen LogP contribution in [0.15, 0.2) is 37.5 Å². The van der Waals surface area contributed by atoms with E-state index in [0.717, 1.165) is 11.5 Å². The summed E-state index contributed by atoms with van der Waals surface area (Å²) < 4.78 is 0. The Labute approximate surface area is 198 Å². The van der Waals surface area contributed by atoms with E-state index >= 15 is 0 Å². The van der Waals surface area contributed by atoms with Crippen molar-refractivity contribution < 1.29 is 4.79 Å². The van der Waals surface area contributed by atoms with Gasteiger partial charge in [-0.2, -0.15) is 0 Å². The molecular formula is C28H62N2O. The van der Waals surface area contributed by atoms with Crippen LogP contribution in [0.1, 0.15) is 115 Å². The Morgan fingerprint density at radius 2 is 1.29 bits per heavy atom. The zero-order chi connectivity index (χ0) is 26.5. The molecule has 3 nitrogen and oxygen atoms in total. The first-order valence-corrected chi connectivity index (χ1v) is 12.1. The van der Waals surface area contributed by atoms with Crippen LogP contribution < -0.4 is 11.5 Å². The molecule has 0 aromatic heterocycles. The molecule has 0 saturated heterocycles. The lowest BCUT2D eigenvalue weighted by Gasteiger charge is -2.23. The second-order valence-electron chi connectivity index (χ2n) is 8.44. The van der Waals surface area contributed by atoms with Crippen molar-refractivity contribution in [2.24, 2.45) is 22.8 Å². The summed E-state index contributed by atoms with van der Waals surface area (Å²) >= 11 is 0. The Morgan fingerprint density at radius 1 is 0.903 bits per heavy atom. The highest BCUT2D eigenvalue weighted by Gasteiger charge is 2.16. The van der Waals surface area contributed by atoms with Gasteiger partial charge in [0, 0.05) is 12.1 Å². The van der Waals surface area contributed by atoms with Crippen molar-refractivity contribution in [3.63, 3.8) is 0 Å². The first-order valence-electron chi connectivity index (χ1n) is 12.1. The van der Waals surface area contributed by atoms with Crippen molar-refractivity contribution >= 4 is 6.79 Å². The minimum absolute atomic E-state index is 0.0532. The van der Waals surface area contributed by atoms with Gasteiger partial charge in [-0.1, -0.05) is 133 Å². The van der Waals surface area contributed by atoms with E-state index in [0.29, 0.717) is 0 Å². The number of hydrogen-bond acceptors (Lipinski definition) is 3. The minimum atomic E-state index is 0.0532. The third-order valence-electron chi connectivity index (χ3n) is 3.93. The van der Waals surface area contributed by atoms with E-state index in [1.54, 1.807) is 12.2 Å². The molecular weight excluding hydrogens is 380 g/mol. The van der Waals surface area contributed by atoms with Crippen LogP contribution >= 0.6 is 0 Å². The van der Waals surface area contributed by atoms with Crippen LogP contribution in [0.4, 0.5) is 0 Å². The number of hydrogen-bond donors (Lipinski definition) is 2. The number of nitrogens with two attached hydrogens (primary N) is 2. The largest absolute Gasteiger partial charge is 0.324 e. The molecule has 3 atom stereocenters. The Balaban J connectivity index is -0.0000000661. The Morgan fingerprint density at radius 3 is 1.42 bits per heavy atom. The van der Waals surface area contributed by atoms with Crippen molar-refractivity contribution in [3.05, 3.63) is 37.5 Å². The van der Waals surface area contributed by atoms with Crippen LogP contribution in [0.25, 0.3) is 0 Å². The highest BCUT2D eigenvalue weighted by Crippen LogP contribution is 2.17. The standard InChI is InChI=1S/C9H20.C7H15N.C6H11N.C3H8.C2H6.CH2O/c1-4-6-8-9(3)7-5-2;1-5-6(8)7(2,3)4;1-4-5(2)6(3)7;1-3-2;2*1-2/h9H,4-8H2,1-3H3;5-6H,1,8H2,2-4H3;4,6H,1-2,7H2,3H3;3H2,1-2H3;1-2H3;1H2. The van der Waals surface area contributed by atoms with Crippen molar-refractivity contribution in [1.82, 2.24) is 0 Å². The van der Waals surface area contributed by atoms with Gasteiger partial charge in [0.15, 0.2) is 0 Å². The van der Waals surface area contributed by atoms with Crippen molar-refractivity contribution in [1.29, 1.82) is 0 Å². The van der Waals surface area contributed by atoms with Crippen molar-refractivity contribution in [2.75, 3.05) is 0 Å². The van der Waals surface area contributed by atoms with E-state index in [1.165, 1.54) is 38.5 Å². The van der Waals surface area contributed by atoms with Gasteiger partial charge < -0.3 is 16.3 Å². The van der Waals surface area contributed by atoms with Crippen molar-refractivity contribution in [2.45, 2.75) is 127 Å². The normalized spacial score (nSPS) is 11.8. The van der Waals surface area contributed by atoms with Gasteiger partial charge in [-0.05, 0) is 23.8 Å². The van der Waals surface area contributed by atoms with E-state index in [4.69, 9.17) is 16.3 Å². The van der Waals surface area contributed by atoms with E-state index in [-0.39, 0.29) is 17.5 Å². The summed E-state index contributed by atoms with van der Waals surface area (Å²) in [5.74, 6) is 0.968. The Bertz CT molecular complexity index is 343. The van der Waals surface area contributed by atoms with Gasteiger partial charge in [0.05, 0.1) is 0 Å². The molecule has 0 radical (unpaired) electrons. The fraction of sp³-hybridized carbons (Fsp3) is 0.750. The van der Waals surface area contributed by atoms with E-state index < -0.39 is 0 Å². The monoisotopic (exact) mass is 442 g/mol. The Kier molecular flexibility index (Phi) is 51.0. The molecule has 3 unspecified atom stereocenters. The van der Waals surface area contributed by atoms with Gasteiger partial charge in [0.25, 0.3) is 0 Å². The quantitative estimate of drug-likeness (QED) is 0.292. The molecule has 0 aromatic carbocycles. The molecule has 0 fully saturated rings. The van der Waals surface area contributed by atoms with E-state index in [1.807, 2.05) is 27.6 Å². The molecule has 0 aromatic rings. The summed E-state index contributed by atoms with van der Waals surface area (Å²) in [5.41, 5.74) is 12.1. The maximum Gasteiger partial charge on any atom is 0.106 e. The van der Waals surface area contributed by atoms with Crippen LogP contribution in [0, 0.1) is 11.3 Å². The smallest absolute Gasteiger partial charge is 0.106 e. The lowest BCUT2D eigenvalue weighted by molar-refractivity contribution is -0.0979. The number of unbranched alkanes of at least 4 members (excludes halogenated alkanes) is 1. The summed E-state index contributed by atoms with van der Waals surface area (Å²) in [4.78, 5) is 8.00. The molecule has 0 saturated carbocycles. The number of rotatable bonds is 8.